The van der Waals surface area contributed by atoms with Crippen molar-refractivity contribution in [2.45, 2.75) is 44.6 Å². The topological polar surface area (TPSA) is 35.2 Å². The summed E-state index contributed by atoms with van der Waals surface area (Å²) in [7, 11) is 1.69. The lowest BCUT2D eigenvalue weighted by atomic mass is 9.91. The Kier molecular flexibility index (Phi) is 4.82. The van der Waals surface area contributed by atoms with Crippen molar-refractivity contribution in [1.82, 2.24) is 0 Å². The molecule has 1 aliphatic carbocycles. The normalized spacial score (nSPS) is 21.3. The Morgan fingerprint density at radius 1 is 1.06 bits per heavy atom. The third-order valence-corrected chi connectivity index (χ3v) is 3.70. The van der Waals surface area contributed by atoms with E-state index in [9.17, 15) is 0 Å². The Hall–Kier alpha value is -1.28. The van der Waals surface area contributed by atoms with Gasteiger partial charge in [0.25, 0.3) is 0 Å². The molecule has 0 heterocycles. The average Bonchev–Trinajstić information content (AvgIpc) is 2.38. The second kappa shape index (κ2) is 6.60. The lowest BCUT2D eigenvalue weighted by molar-refractivity contribution is 0.414. The van der Waals surface area contributed by atoms with E-state index in [0.717, 1.165) is 12.2 Å². The van der Waals surface area contributed by atoms with Gasteiger partial charge < -0.3 is 10.5 Å². The maximum absolute atomic E-state index is 6.37. The Labute approximate surface area is 110 Å². The fourth-order valence-corrected chi connectivity index (χ4v) is 2.52. The summed E-state index contributed by atoms with van der Waals surface area (Å²) in [5.41, 5.74) is 8.96. The molecule has 0 amide bonds. The number of rotatable bonds is 3. The van der Waals surface area contributed by atoms with Crippen LogP contribution in [-0.4, -0.2) is 7.11 Å². The van der Waals surface area contributed by atoms with Crippen molar-refractivity contribution in [3.8, 4) is 5.75 Å². The van der Waals surface area contributed by atoms with Crippen LogP contribution >= 0.6 is 0 Å². The molecule has 1 unspecified atom stereocenters. The molecule has 0 radical (unpaired) electrons. The first-order chi connectivity index (χ1) is 8.81. The van der Waals surface area contributed by atoms with Crippen LogP contribution in [0.25, 0.3) is 0 Å². The van der Waals surface area contributed by atoms with E-state index < -0.39 is 0 Å². The lowest BCUT2D eigenvalue weighted by Crippen LogP contribution is -2.14. The third kappa shape index (κ3) is 3.36. The first-order valence-corrected chi connectivity index (χ1v) is 6.89. The van der Waals surface area contributed by atoms with Crippen LogP contribution in [0.4, 0.5) is 0 Å². The summed E-state index contributed by atoms with van der Waals surface area (Å²) in [6.45, 7) is 0. The third-order valence-electron chi connectivity index (χ3n) is 3.70. The molecule has 1 atom stereocenters. The van der Waals surface area contributed by atoms with Gasteiger partial charge in [0.05, 0.1) is 13.2 Å². The summed E-state index contributed by atoms with van der Waals surface area (Å²) < 4.78 is 5.18. The summed E-state index contributed by atoms with van der Waals surface area (Å²) >= 11 is 0. The van der Waals surface area contributed by atoms with Gasteiger partial charge in [-0.2, -0.15) is 0 Å². The van der Waals surface area contributed by atoms with Crippen LogP contribution < -0.4 is 10.5 Å². The Balaban J connectivity index is 2.10. The molecule has 0 fully saturated rings. The van der Waals surface area contributed by atoms with Crippen LogP contribution in [0.5, 0.6) is 5.75 Å². The van der Waals surface area contributed by atoms with Crippen molar-refractivity contribution in [2.75, 3.05) is 7.11 Å². The molecule has 2 N–H and O–H groups in total. The second-order valence-corrected chi connectivity index (χ2v) is 4.98. The van der Waals surface area contributed by atoms with Gasteiger partial charge in [0.1, 0.15) is 5.75 Å². The lowest BCUT2D eigenvalue weighted by Gasteiger charge is -2.19. The SMILES string of the molecule is COc1ccc(C(N)/C2=C/CCCCCC2)cc1. The number of methoxy groups -OCH3 is 1. The number of allylic oxidation sites excluding steroid dienone is 1. The first-order valence-electron chi connectivity index (χ1n) is 6.89. The highest BCUT2D eigenvalue weighted by Gasteiger charge is 2.12. The summed E-state index contributed by atoms with van der Waals surface area (Å²) in [5.74, 6) is 0.887. The van der Waals surface area contributed by atoms with Crippen LogP contribution in [-0.2, 0) is 0 Å². The van der Waals surface area contributed by atoms with Crippen molar-refractivity contribution < 1.29 is 4.74 Å². The van der Waals surface area contributed by atoms with E-state index in [1.807, 2.05) is 12.1 Å². The molecule has 18 heavy (non-hydrogen) atoms. The predicted molar refractivity (Wildman–Crippen MR) is 75.7 cm³/mol. The summed E-state index contributed by atoms with van der Waals surface area (Å²) in [5, 5.41) is 0. The van der Waals surface area contributed by atoms with Crippen LogP contribution in [0.2, 0.25) is 0 Å². The molecule has 0 saturated carbocycles. The van der Waals surface area contributed by atoms with Gasteiger partial charge in [0.2, 0.25) is 0 Å². The molecule has 1 aromatic rings. The van der Waals surface area contributed by atoms with Gasteiger partial charge in [-0.3, -0.25) is 0 Å². The monoisotopic (exact) mass is 245 g/mol. The van der Waals surface area contributed by atoms with Gasteiger partial charge in [-0.15, -0.1) is 0 Å². The van der Waals surface area contributed by atoms with E-state index in [4.69, 9.17) is 10.5 Å². The Morgan fingerprint density at radius 2 is 1.78 bits per heavy atom. The minimum atomic E-state index is 0.0500. The molecule has 0 saturated heterocycles. The number of nitrogens with two attached hydrogens (primary N) is 1. The summed E-state index contributed by atoms with van der Waals surface area (Å²) in [6, 6.07) is 8.16. The Bertz CT molecular complexity index is 394. The van der Waals surface area contributed by atoms with Gasteiger partial charge in [-0.1, -0.05) is 36.6 Å². The van der Waals surface area contributed by atoms with Gasteiger partial charge in [0, 0.05) is 0 Å². The predicted octanol–water partition coefficient (Wildman–Crippen LogP) is 3.98. The molecular weight excluding hydrogens is 222 g/mol. The van der Waals surface area contributed by atoms with E-state index in [0.29, 0.717) is 0 Å². The molecule has 0 aromatic heterocycles. The zero-order valence-corrected chi connectivity index (χ0v) is 11.2. The highest BCUT2D eigenvalue weighted by Crippen LogP contribution is 2.27. The minimum Gasteiger partial charge on any atom is -0.497 e. The summed E-state index contributed by atoms with van der Waals surface area (Å²) in [4.78, 5) is 0. The largest absolute Gasteiger partial charge is 0.497 e. The molecule has 2 nitrogen and oxygen atoms in total. The second-order valence-electron chi connectivity index (χ2n) is 4.98. The molecule has 0 bridgehead atoms. The van der Waals surface area contributed by atoms with Gasteiger partial charge in [0.15, 0.2) is 0 Å². The van der Waals surface area contributed by atoms with Crippen LogP contribution in [0.15, 0.2) is 35.9 Å². The fourth-order valence-electron chi connectivity index (χ4n) is 2.52. The average molecular weight is 245 g/mol. The molecular formula is C16H23NO. The van der Waals surface area contributed by atoms with E-state index in [2.05, 4.69) is 18.2 Å². The van der Waals surface area contributed by atoms with Crippen molar-refractivity contribution in [3.05, 3.63) is 41.5 Å². The molecule has 0 aliphatic heterocycles. The van der Waals surface area contributed by atoms with E-state index in [-0.39, 0.29) is 6.04 Å². The van der Waals surface area contributed by atoms with Crippen LogP contribution in [0.3, 0.4) is 0 Å². The molecule has 1 aliphatic rings. The van der Waals surface area contributed by atoms with Gasteiger partial charge in [-0.05, 0) is 43.4 Å². The maximum Gasteiger partial charge on any atom is 0.118 e. The van der Waals surface area contributed by atoms with E-state index >= 15 is 0 Å². The maximum atomic E-state index is 6.37. The molecule has 0 spiro atoms. The molecule has 2 heteroatoms. The van der Waals surface area contributed by atoms with Gasteiger partial charge >= 0.3 is 0 Å². The molecule has 98 valence electrons. The molecule has 2 rings (SSSR count). The van der Waals surface area contributed by atoms with E-state index in [1.165, 1.54) is 43.2 Å². The number of benzene rings is 1. The summed E-state index contributed by atoms with van der Waals surface area (Å²) in [6.07, 6.45) is 9.96. The smallest absolute Gasteiger partial charge is 0.118 e. The number of hydrogen-bond acceptors (Lipinski definition) is 2. The van der Waals surface area contributed by atoms with E-state index in [1.54, 1.807) is 7.11 Å². The standard InChI is InChI=1S/C16H23NO/c1-18-15-11-9-14(10-12-15)16(17)13-7-5-3-2-4-6-8-13/h7,9-12,16H,2-6,8,17H2,1H3/b13-7+. The number of ether oxygens (including phenoxy) is 1. The fraction of sp³-hybridized carbons (Fsp3) is 0.500. The minimum absolute atomic E-state index is 0.0500. The number of hydrogen-bond donors (Lipinski definition) is 1. The zero-order valence-electron chi connectivity index (χ0n) is 11.2. The van der Waals surface area contributed by atoms with Crippen molar-refractivity contribution in [1.29, 1.82) is 0 Å². The highest BCUT2D eigenvalue weighted by molar-refractivity contribution is 5.33. The van der Waals surface area contributed by atoms with Crippen LogP contribution in [0.1, 0.15) is 50.1 Å². The zero-order chi connectivity index (χ0) is 12.8. The Morgan fingerprint density at radius 3 is 2.50 bits per heavy atom. The van der Waals surface area contributed by atoms with Crippen LogP contribution in [0, 0.1) is 0 Å². The quantitative estimate of drug-likeness (QED) is 0.818. The first kappa shape index (κ1) is 13.2. The highest BCUT2D eigenvalue weighted by atomic mass is 16.5. The van der Waals surface area contributed by atoms with Crippen molar-refractivity contribution >= 4 is 0 Å². The van der Waals surface area contributed by atoms with Gasteiger partial charge in [-0.25, -0.2) is 0 Å². The molecule has 1 aromatic carbocycles. The van der Waals surface area contributed by atoms with Crippen molar-refractivity contribution in [3.63, 3.8) is 0 Å². The van der Waals surface area contributed by atoms with Crippen molar-refractivity contribution in [2.24, 2.45) is 5.73 Å².